The molecule has 11 nitrogen and oxygen atoms in total. The van der Waals surface area contributed by atoms with Crippen molar-refractivity contribution in [2.45, 2.75) is 38.3 Å². The molecule has 1 saturated carbocycles. The topological polar surface area (TPSA) is 129 Å². The van der Waals surface area contributed by atoms with E-state index in [1.165, 1.54) is 17.6 Å². The molecule has 1 amide bonds. The smallest absolute Gasteiger partial charge is 0.254 e. The number of piperidine rings is 1. The first-order valence-corrected chi connectivity index (χ1v) is 15.4. The Labute approximate surface area is 233 Å². The van der Waals surface area contributed by atoms with Crippen LogP contribution in [0.3, 0.4) is 0 Å². The Balaban J connectivity index is 1.48. The maximum absolute atomic E-state index is 13.4. The lowest BCUT2D eigenvalue weighted by Crippen LogP contribution is -2.45. The van der Waals surface area contributed by atoms with Gasteiger partial charge in [-0.15, -0.1) is 0 Å². The van der Waals surface area contributed by atoms with Crippen molar-refractivity contribution in [1.29, 1.82) is 0 Å². The van der Waals surface area contributed by atoms with Crippen LogP contribution in [0, 0.1) is 5.92 Å². The zero-order valence-electron chi connectivity index (χ0n) is 23.3. The van der Waals surface area contributed by atoms with Crippen molar-refractivity contribution in [3.05, 3.63) is 35.9 Å². The summed E-state index contributed by atoms with van der Waals surface area (Å²) in [5, 5.41) is 0.901. The predicted octanol–water partition coefficient (Wildman–Crippen LogP) is 2.97. The first-order chi connectivity index (χ1) is 19.0. The van der Waals surface area contributed by atoms with Crippen molar-refractivity contribution >= 4 is 43.8 Å². The van der Waals surface area contributed by atoms with Crippen LogP contribution in [0.15, 0.2) is 30.3 Å². The van der Waals surface area contributed by atoms with Crippen LogP contribution in [-0.4, -0.2) is 77.9 Å². The highest BCUT2D eigenvalue weighted by molar-refractivity contribution is 7.92. The molecule has 1 atom stereocenters. The molecule has 2 aliphatic rings. The summed E-state index contributed by atoms with van der Waals surface area (Å²) in [4.78, 5) is 25.0. The fourth-order valence-corrected chi connectivity index (χ4v) is 6.03. The number of carbonyl (C=O) groups is 1. The summed E-state index contributed by atoms with van der Waals surface area (Å²) in [6.07, 6.45) is 5.26. The van der Waals surface area contributed by atoms with Crippen molar-refractivity contribution in [3.63, 3.8) is 0 Å². The summed E-state index contributed by atoms with van der Waals surface area (Å²) in [5.41, 5.74) is 9.70. The third kappa shape index (κ3) is 4.68. The van der Waals surface area contributed by atoms with Crippen molar-refractivity contribution < 1.29 is 17.9 Å². The lowest BCUT2D eigenvalue weighted by molar-refractivity contribution is 0.0708. The van der Waals surface area contributed by atoms with E-state index in [4.69, 9.17) is 20.4 Å². The van der Waals surface area contributed by atoms with Crippen LogP contribution in [0.25, 0.3) is 33.6 Å². The second-order valence-corrected chi connectivity index (χ2v) is 13.1. The van der Waals surface area contributed by atoms with Gasteiger partial charge >= 0.3 is 0 Å². The van der Waals surface area contributed by atoms with E-state index < -0.39 is 10.0 Å². The molecule has 1 aliphatic carbocycles. The minimum atomic E-state index is -3.45. The molecule has 0 radical (unpaired) electrons. The molecule has 212 valence electrons. The molecular formula is C28H35N7O4S. The number of ether oxygens (including phenoxy) is 1. The van der Waals surface area contributed by atoms with Gasteiger partial charge < -0.3 is 24.5 Å². The number of aromatic nitrogens is 4. The zero-order chi connectivity index (χ0) is 28.3. The van der Waals surface area contributed by atoms with Crippen LogP contribution in [0.2, 0.25) is 0 Å². The van der Waals surface area contributed by atoms with E-state index in [1.54, 1.807) is 19.2 Å². The van der Waals surface area contributed by atoms with Gasteiger partial charge in [0.25, 0.3) is 5.91 Å². The fourth-order valence-electron chi connectivity index (χ4n) is 5.59. The van der Waals surface area contributed by atoms with E-state index in [2.05, 4.69) is 4.57 Å². The number of carbonyl (C=O) groups excluding carboxylic acids is 1. The zero-order valence-corrected chi connectivity index (χ0v) is 24.1. The van der Waals surface area contributed by atoms with Crippen LogP contribution in [0.1, 0.15) is 36.0 Å². The quantitative estimate of drug-likeness (QED) is 0.365. The van der Waals surface area contributed by atoms with Crippen LogP contribution < -0.4 is 14.8 Å². The van der Waals surface area contributed by atoms with Gasteiger partial charge in [-0.3, -0.25) is 9.10 Å². The normalized spacial score (nSPS) is 18.0. The summed E-state index contributed by atoms with van der Waals surface area (Å²) in [5.74, 6) is 2.12. The summed E-state index contributed by atoms with van der Waals surface area (Å²) < 4.78 is 35.4. The van der Waals surface area contributed by atoms with E-state index >= 15 is 0 Å². The van der Waals surface area contributed by atoms with Gasteiger partial charge in [0.1, 0.15) is 22.7 Å². The summed E-state index contributed by atoms with van der Waals surface area (Å²) in [6, 6.07) is 9.26. The van der Waals surface area contributed by atoms with E-state index in [0.717, 1.165) is 54.6 Å². The molecule has 1 aliphatic heterocycles. The average Bonchev–Trinajstić information content (AvgIpc) is 3.60. The summed E-state index contributed by atoms with van der Waals surface area (Å²) >= 11 is 0. The minimum absolute atomic E-state index is 0.00971. The number of methoxy groups -OCH3 is 1. The number of anilines is 1. The van der Waals surface area contributed by atoms with E-state index in [0.29, 0.717) is 47.3 Å². The van der Waals surface area contributed by atoms with Gasteiger partial charge in [0.2, 0.25) is 10.0 Å². The Morgan fingerprint density at radius 3 is 2.62 bits per heavy atom. The molecule has 0 unspecified atom stereocenters. The first kappa shape index (κ1) is 26.6. The number of nitrogens with two attached hydrogens (primary N) is 1. The summed E-state index contributed by atoms with van der Waals surface area (Å²) in [6.45, 7) is 1.99. The molecule has 40 heavy (non-hydrogen) atoms. The van der Waals surface area contributed by atoms with E-state index in [-0.39, 0.29) is 11.9 Å². The monoisotopic (exact) mass is 565 g/mol. The number of sulfonamides is 1. The first-order valence-electron chi connectivity index (χ1n) is 13.6. The fraction of sp³-hybridized carbons (Fsp3) is 0.464. The van der Waals surface area contributed by atoms with Crippen molar-refractivity contribution in [1.82, 2.24) is 24.0 Å². The molecule has 0 bridgehead atoms. The molecule has 1 aromatic carbocycles. The van der Waals surface area contributed by atoms with Crippen LogP contribution in [0.4, 0.5) is 5.82 Å². The number of benzene rings is 1. The van der Waals surface area contributed by atoms with Gasteiger partial charge in [-0.1, -0.05) is 0 Å². The molecular weight excluding hydrogens is 530 g/mol. The number of pyridine rings is 1. The van der Waals surface area contributed by atoms with Crippen molar-refractivity contribution in [3.8, 4) is 17.3 Å². The average molecular weight is 566 g/mol. The van der Waals surface area contributed by atoms with Crippen molar-refractivity contribution in [2.24, 2.45) is 18.7 Å². The van der Waals surface area contributed by atoms with Gasteiger partial charge in [0.15, 0.2) is 5.82 Å². The Morgan fingerprint density at radius 2 is 1.95 bits per heavy atom. The molecule has 1 saturated heterocycles. The van der Waals surface area contributed by atoms with Gasteiger partial charge in [0.05, 0.1) is 24.6 Å². The molecule has 6 rings (SSSR count). The maximum Gasteiger partial charge on any atom is 0.254 e. The number of aryl methyl sites for hydroxylation is 1. The third-order valence-corrected chi connectivity index (χ3v) is 9.24. The molecule has 12 heteroatoms. The van der Waals surface area contributed by atoms with Gasteiger partial charge in [-0.2, -0.15) is 0 Å². The highest BCUT2D eigenvalue weighted by Gasteiger charge is 2.28. The Hall–Kier alpha value is -3.64. The number of amides is 1. The minimum Gasteiger partial charge on any atom is -0.494 e. The van der Waals surface area contributed by atoms with Crippen molar-refractivity contribution in [2.75, 3.05) is 37.8 Å². The number of imidazole rings is 1. The lowest BCUT2D eigenvalue weighted by Gasteiger charge is -2.30. The SMILES string of the molecule is COc1cc(C(=O)N2CCC[C@@H](N)C2)cc2nc(-c3cc4ccc(N(C)S(C)(=O)=O)nc4n3CC3CC3)n(C)c12. The largest absolute Gasteiger partial charge is 0.494 e. The van der Waals surface area contributed by atoms with Gasteiger partial charge in [-0.25, -0.2) is 18.4 Å². The Kier molecular flexibility index (Phi) is 6.49. The third-order valence-electron chi connectivity index (χ3n) is 8.06. The second-order valence-electron chi connectivity index (χ2n) is 11.1. The van der Waals surface area contributed by atoms with Crippen LogP contribution in [-0.2, 0) is 23.6 Å². The van der Waals surface area contributed by atoms with Crippen LogP contribution >= 0.6 is 0 Å². The number of hydrogen-bond donors (Lipinski definition) is 1. The van der Waals surface area contributed by atoms with Gasteiger partial charge in [0, 0.05) is 50.7 Å². The molecule has 2 N–H and O–H groups in total. The maximum atomic E-state index is 13.4. The number of nitrogens with zero attached hydrogens (tertiary/aromatic N) is 6. The molecule has 4 heterocycles. The number of fused-ring (bicyclic) bond motifs is 2. The second kappa shape index (κ2) is 9.77. The van der Waals surface area contributed by atoms with E-state index in [9.17, 15) is 13.2 Å². The highest BCUT2D eigenvalue weighted by atomic mass is 32.2. The predicted molar refractivity (Wildman–Crippen MR) is 155 cm³/mol. The molecule has 2 fully saturated rings. The number of rotatable bonds is 7. The lowest BCUT2D eigenvalue weighted by atomic mass is 10.0. The Morgan fingerprint density at radius 1 is 1.18 bits per heavy atom. The molecule has 0 spiro atoms. The standard InChI is InChI=1S/C28H35N7O4S/c1-32-25-21(12-19(14-23(25)39-3)28(36)34-11-5-6-20(29)16-34)30-27(32)22-13-18-9-10-24(33(2)40(4,37)38)31-26(18)35(22)15-17-7-8-17/h9-10,12-14,17,20H,5-8,11,15-16,29H2,1-4H3/t20-/m1/s1. The number of likely N-dealkylation sites (tertiary alicyclic amines) is 1. The molecule has 3 aromatic heterocycles. The molecule has 4 aromatic rings. The van der Waals surface area contributed by atoms with Crippen LogP contribution in [0.5, 0.6) is 5.75 Å². The van der Waals surface area contributed by atoms with E-state index in [1.807, 2.05) is 34.7 Å². The number of hydrogen-bond acceptors (Lipinski definition) is 7. The van der Waals surface area contributed by atoms with Gasteiger partial charge in [-0.05, 0) is 61.9 Å². The Bertz CT molecular complexity index is 1740. The highest BCUT2D eigenvalue weighted by Crippen LogP contribution is 2.38. The summed E-state index contributed by atoms with van der Waals surface area (Å²) in [7, 11) is 1.59.